The predicted molar refractivity (Wildman–Crippen MR) is 89.8 cm³/mol. The van der Waals surface area contributed by atoms with E-state index in [1.165, 1.54) is 11.6 Å². The molecule has 0 fully saturated rings. The van der Waals surface area contributed by atoms with Crippen LogP contribution in [0.5, 0.6) is 0 Å². The molecule has 0 aliphatic heterocycles. The molecule has 0 spiro atoms. The number of hydrogen-bond acceptors (Lipinski definition) is 1. The minimum Gasteiger partial charge on any atom is -0.310 e. The largest absolute Gasteiger partial charge is 0.310 e. The molecular formula is C18H21BrFN. The summed E-state index contributed by atoms with van der Waals surface area (Å²) in [6.07, 6.45) is 0.824. The van der Waals surface area contributed by atoms with Crippen molar-refractivity contribution in [3.63, 3.8) is 0 Å². The van der Waals surface area contributed by atoms with Crippen LogP contribution in [0.2, 0.25) is 0 Å². The molecule has 0 bridgehead atoms. The highest BCUT2D eigenvalue weighted by Crippen LogP contribution is 2.29. The van der Waals surface area contributed by atoms with Crippen LogP contribution >= 0.6 is 15.9 Å². The maximum absolute atomic E-state index is 13.6. The summed E-state index contributed by atoms with van der Waals surface area (Å²) < 4.78 is 14.2. The quantitative estimate of drug-likeness (QED) is 0.763. The minimum absolute atomic E-state index is 0.195. The summed E-state index contributed by atoms with van der Waals surface area (Å²) in [6.45, 7) is 5.23. The van der Waals surface area contributed by atoms with E-state index < -0.39 is 0 Å². The van der Waals surface area contributed by atoms with Gasteiger partial charge in [0.15, 0.2) is 0 Å². The van der Waals surface area contributed by atoms with Gasteiger partial charge >= 0.3 is 0 Å². The Morgan fingerprint density at radius 2 is 1.81 bits per heavy atom. The summed E-state index contributed by atoms with van der Waals surface area (Å²) in [7, 11) is 0. The SMILES string of the molecule is CCNC(c1ccccc1)C(C)Cc1cccc(F)c1Br. The lowest BCUT2D eigenvalue weighted by Crippen LogP contribution is -2.28. The van der Waals surface area contributed by atoms with E-state index in [1.807, 2.05) is 12.1 Å². The molecule has 21 heavy (non-hydrogen) atoms. The number of rotatable bonds is 6. The second-order valence-electron chi connectivity index (χ2n) is 5.34. The number of hydrogen-bond donors (Lipinski definition) is 1. The first-order chi connectivity index (χ1) is 10.1. The van der Waals surface area contributed by atoms with Crippen LogP contribution in [-0.4, -0.2) is 6.54 Å². The van der Waals surface area contributed by atoms with Crippen LogP contribution < -0.4 is 5.32 Å². The molecule has 1 N–H and O–H groups in total. The Hall–Kier alpha value is -1.19. The number of benzene rings is 2. The van der Waals surface area contributed by atoms with Crippen molar-refractivity contribution in [1.82, 2.24) is 5.32 Å². The molecular weight excluding hydrogens is 329 g/mol. The zero-order valence-electron chi connectivity index (χ0n) is 12.4. The average molecular weight is 350 g/mol. The second-order valence-corrected chi connectivity index (χ2v) is 6.13. The van der Waals surface area contributed by atoms with Crippen molar-refractivity contribution in [3.8, 4) is 0 Å². The lowest BCUT2D eigenvalue weighted by Gasteiger charge is -2.26. The zero-order chi connectivity index (χ0) is 15.2. The molecule has 0 saturated heterocycles. The first-order valence-electron chi connectivity index (χ1n) is 7.34. The van der Waals surface area contributed by atoms with Crippen molar-refractivity contribution in [2.75, 3.05) is 6.54 Å². The molecule has 1 nitrogen and oxygen atoms in total. The van der Waals surface area contributed by atoms with Crippen molar-refractivity contribution in [1.29, 1.82) is 0 Å². The van der Waals surface area contributed by atoms with Gasteiger partial charge in [-0.05, 0) is 52.0 Å². The van der Waals surface area contributed by atoms with E-state index >= 15 is 0 Å². The van der Waals surface area contributed by atoms with Gasteiger partial charge in [0.05, 0.1) is 4.47 Å². The number of halogens is 2. The molecule has 0 aliphatic carbocycles. The van der Waals surface area contributed by atoms with E-state index in [4.69, 9.17) is 0 Å². The highest BCUT2D eigenvalue weighted by Gasteiger charge is 2.20. The van der Waals surface area contributed by atoms with Crippen LogP contribution in [0.25, 0.3) is 0 Å². The maximum Gasteiger partial charge on any atom is 0.137 e. The summed E-state index contributed by atoms with van der Waals surface area (Å²) in [5.74, 6) is 0.171. The van der Waals surface area contributed by atoms with Gasteiger partial charge in [-0.1, -0.05) is 56.3 Å². The van der Waals surface area contributed by atoms with Gasteiger partial charge in [0.2, 0.25) is 0 Å². The molecule has 2 unspecified atom stereocenters. The van der Waals surface area contributed by atoms with E-state index in [1.54, 1.807) is 6.07 Å². The molecule has 0 radical (unpaired) electrons. The third kappa shape index (κ3) is 4.14. The molecule has 2 rings (SSSR count). The van der Waals surface area contributed by atoms with Gasteiger partial charge in [-0.15, -0.1) is 0 Å². The molecule has 2 atom stereocenters. The van der Waals surface area contributed by atoms with Crippen molar-refractivity contribution >= 4 is 15.9 Å². The molecule has 0 aromatic heterocycles. The maximum atomic E-state index is 13.6. The summed E-state index contributed by atoms with van der Waals surface area (Å²) in [4.78, 5) is 0. The highest BCUT2D eigenvalue weighted by molar-refractivity contribution is 9.10. The first kappa shape index (κ1) is 16.2. The van der Waals surface area contributed by atoms with E-state index in [9.17, 15) is 4.39 Å². The summed E-state index contributed by atoms with van der Waals surface area (Å²) in [5, 5.41) is 3.54. The second kappa shape index (κ2) is 7.71. The Morgan fingerprint density at radius 3 is 2.48 bits per heavy atom. The molecule has 112 valence electrons. The lowest BCUT2D eigenvalue weighted by atomic mass is 9.89. The van der Waals surface area contributed by atoms with Crippen LogP contribution in [0.1, 0.15) is 31.0 Å². The van der Waals surface area contributed by atoms with Crippen LogP contribution in [0.4, 0.5) is 4.39 Å². The van der Waals surface area contributed by atoms with E-state index in [-0.39, 0.29) is 11.9 Å². The Kier molecular flexibility index (Phi) is 5.95. The Labute approximate surface area is 134 Å². The number of nitrogens with one attached hydrogen (secondary N) is 1. The average Bonchev–Trinajstić information content (AvgIpc) is 2.50. The summed E-state index contributed by atoms with van der Waals surface area (Å²) >= 11 is 3.36. The van der Waals surface area contributed by atoms with Gasteiger partial charge in [0.25, 0.3) is 0 Å². The van der Waals surface area contributed by atoms with E-state index in [2.05, 4.69) is 59.4 Å². The normalized spacial score (nSPS) is 13.9. The molecule has 2 aromatic carbocycles. The third-order valence-electron chi connectivity index (χ3n) is 3.73. The van der Waals surface area contributed by atoms with Crippen LogP contribution in [0.3, 0.4) is 0 Å². The van der Waals surface area contributed by atoms with Crippen molar-refractivity contribution in [3.05, 3.63) is 69.9 Å². The standard InChI is InChI=1S/C18H21BrFN/c1-3-21-18(14-8-5-4-6-9-14)13(2)12-15-10-7-11-16(20)17(15)19/h4-11,13,18,21H,3,12H2,1-2H3. The fourth-order valence-corrected chi connectivity index (χ4v) is 3.12. The third-order valence-corrected chi connectivity index (χ3v) is 4.61. The molecule has 0 heterocycles. The van der Waals surface area contributed by atoms with Crippen molar-refractivity contribution < 1.29 is 4.39 Å². The van der Waals surface area contributed by atoms with Crippen LogP contribution in [0, 0.1) is 11.7 Å². The van der Waals surface area contributed by atoms with Gasteiger partial charge in [-0.25, -0.2) is 4.39 Å². The van der Waals surface area contributed by atoms with E-state index in [0.717, 1.165) is 18.5 Å². The molecule has 0 aliphatic rings. The van der Waals surface area contributed by atoms with Crippen molar-refractivity contribution in [2.45, 2.75) is 26.3 Å². The van der Waals surface area contributed by atoms with Gasteiger partial charge in [0, 0.05) is 6.04 Å². The van der Waals surface area contributed by atoms with Gasteiger partial charge < -0.3 is 5.32 Å². The molecule has 2 aromatic rings. The van der Waals surface area contributed by atoms with Crippen LogP contribution in [0.15, 0.2) is 53.0 Å². The van der Waals surface area contributed by atoms with E-state index in [0.29, 0.717) is 10.4 Å². The summed E-state index contributed by atoms with van der Waals surface area (Å²) in [6, 6.07) is 15.9. The molecule has 3 heteroatoms. The topological polar surface area (TPSA) is 12.0 Å². The monoisotopic (exact) mass is 349 g/mol. The molecule has 0 saturated carbocycles. The summed E-state index contributed by atoms with van der Waals surface area (Å²) in [5.41, 5.74) is 2.29. The zero-order valence-corrected chi connectivity index (χ0v) is 14.0. The van der Waals surface area contributed by atoms with Crippen molar-refractivity contribution in [2.24, 2.45) is 5.92 Å². The van der Waals surface area contributed by atoms with Gasteiger partial charge in [0.1, 0.15) is 5.82 Å². The van der Waals surface area contributed by atoms with Gasteiger partial charge in [-0.3, -0.25) is 0 Å². The highest BCUT2D eigenvalue weighted by atomic mass is 79.9. The fraction of sp³-hybridized carbons (Fsp3) is 0.333. The Morgan fingerprint density at radius 1 is 1.10 bits per heavy atom. The fourth-order valence-electron chi connectivity index (χ4n) is 2.70. The predicted octanol–water partition coefficient (Wildman–Crippen LogP) is 5.12. The smallest absolute Gasteiger partial charge is 0.137 e. The Balaban J connectivity index is 2.19. The molecule has 0 amide bonds. The van der Waals surface area contributed by atoms with Gasteiger partial charge in [-0.2, -0.15) is 0 Å². The lowest BCUT2D eigenvalue weighted by molar-refractivity contribution is 0.390. The Bertz CT molecular complexity index is 571. The van der Waals surface area contributed by atoms with Crippen LogP contribution in [-0.2, 0) is 6.42 Å². The first-order valence-corrected chi connectivity index (χ1v) is 8.14. The minimum atomic E-state index is -0.195.